The van der Waals surface area contributed by atoms with Crippen molar-refractivity contribution in [1.82, 2.24) is 5.32 Å². The molecule has 1 N–H and O–H groups in total. The Kier molecular flexibility index (Phi) is 5.80. The molecule has 0 atom stereocenters. The van der Waals surface area contributed by atoms with Gasteiger partial charge in [-0.2, -0.15) is 0 Å². The Labute approximate surface area is 136 Å². The number of hydrogen-bond acceptors (Lipinski definition) is 3. The Bertz CT molecular complexity index is 685. The molecule has 0 fully saturated rings. The van der Waals surface area contributed by atoms with Gasteiger partial charge in [-0.1, -0.05) is 24.3 Å². The summed E-state index contributed by atoms with van der Waals surface area (Å²) < 4.78 is 10.4. The van der Waals surface area contributed by atoms with E-state index in [2.05, 4.69) is 5.32 Å². The number of benzene rings is 2. The fourth-order valence-corrected chi connectivity index (χ4v) is 2.15. The molecule has 0 bridgehead atoms. The zero-order valence-electron chi connectivity index (χ0n) is 13.6. The fraction of sp³-hybridized carbons (Fsp3) is 0.211. The molecule has 0 saturated heterocycles. The minimum Gasteiger partial charge on any atom is -0.497 e. The molecule has 0 aliphatic carbocycles. The normalized spacial score (nSPS) is 10.6. The Hall–Kier alpha value is -2.75. The van der Waals surface area contributed by atoms with Gasteiger partial charge in [0.2, 0.25) is 5.91 Å². The van der Waals surface area contributed by atoms with E-state index in [0.29, 0.717) is 18.0 Å². The van der Waals surface area contributed by atoms with E-state index in [1.165, 1.54) is 6.08 Å². The number of methoxy groups -OCH3 is 2. The van der Waals surface area contributed by atoms with Gasteiger partial charge in [0.05, 0.1) is 14.2 Å². The first-order valence-electron chi connectivity index (χ1n) is 7.36. The van der Waals surface area contributed by atoms with E-state index < -0.39 is 0 Å². The van der Waals surface area contributed by atoms with Crippen LogP contribution in [0.25, 0.3) is 6.08 Å². The maximum Gasteiger partial charge on any atom is 0.244 e. The van der Waals surface area contributed by atoms with Crippen molar-refractivity contribution < 1.29 is 14.3 Å². The highest BCUT2D eigenvalue weighted by atomic mass is 16.5. The largest absolute Gasteiger partial charge is 0.497 e. The highest BCUT2D eigenvalue weighted by Gasteiger charge is 2.02. The van der Waals surface area contributed by atoms with Crippen molar-refractivity contribution >= 4 is 12.0 Å². The molecule has 0 aliphatic rings. The van der Waals surface area contributed by atoms with Crippen LogP contribution < -0.4 is 14.8 Å². The zero-order chi connectivity index (χ0) is 16.7. The molecule has 4 heteroatoms. The van der Waals surface area contributed by atoms with E-state index in [-0.39, 0.29) is 5.91 Å². The molecule has 0 aromatic heterocycles. The number of rotatable bonds is 6. The van der Waals surface area contributed by atoms with Crippen LogP contribution in [0.1, 0.15) is 16.7 Å². The van der Waals surface area contributed by atoms with Gasteiger partial charge in [0.25, 0.3) is 0 Å². The van der Waals surface area contributed by atoms with Gasteiger partial charge in [0.15, 0.2) is 0 Å². The average molecular weight is 311 g/mol. The molecule has 4 nitrogen and oxygen atoms in total. The van der Waals surface area contributed by atoms with Crippen molar-refractivity contribution in [2.75, 3.05) is 14.2 Å². The number of carbonyl (C=O) groups excluding carboxylic acids is 1. The van der Waals surface area contributed by atoms with Crippen LogP contribution in [0.4, 0.5) is 0 Å². The quantitative estimate of drug-likeness (QED) is 0.832. The SMILES string of the molecule is COc1cc(/C=C/C(=O)NCc2ccccc2C)cc(OC)c1. The first-order chi connectivity index (χ1) is 11.1. The number of ether oxygens (including phenoxy) is 2. The lowest BCUT2D eigenvalue weighted by molar-refractivity contribution is -0.116. The Morgan fingerprint density at radius 1 is 1.09 bits per heavy atom. The number of nitrogens with one attached hydrogen (secondary N) is 1. The van der Waals surface area contributed by atoms with Crippen molar-refractivity contribution in [2.45, 2.75) is 13.5 Å². The number of carbonyl (C=O) groups is 1. The predicted octanol–water partition coefficient (Wildman–Crippen LogP) is 3.34. The second kappa shape index (κ2) is 8.03. The van der Waals surface area contributed by atoms with Crippen LogP contribution in [0.3, 0.4) is 0 Å². The third-order valence-electron chi connectivity index (χ3n) is 3.52. The standard InChI is InChI=1S/C19H21NO3/c1-14-6-4-5-7-16(14)13-20-19(21)9-8-15-10-17(22-2)12-18(11-15)23-3/h4-12H,13H2,1-3H3,(H,20,21)/b9-8+. The van der Waals surface area contributed by atoms with Crippen LogP contribution >= 0.6 is 0 Å². The van der Waals surface area contributed by atoms with E-state index in [1.807, 2.05) is 43.3 Å². The Morgan fingerprint density at radius 2 is 1.74 bits per heavy atom. The van der Waals surface area contributed by atoms with Crippen molar-refractivity contribution in [3.8, 4) is 11.5 Å². The van der Waals surface area contributed by atoms with Crippen molar-refractivity contribution in [2.24, 2.45) is 0 Å². The molecule has 2 rings (SSSR count). The van der Waals surface area contributed by atoms with E-state index >= 15 is 0 Å². The minimum absolute atomic E-state index is 0.143. The molecule has 0 radical (unpaired) electrons. The topological polar surface area (TPSA) is 47.6 Å². The van der Waals surface area contributed by atoms with Gasteiger partial charge in [-0.25, -0.2) is 0 Å². The Balaban J connectivity index is 1.99. The van der Waals surface area contributed by atoms with Gasteiger partial charge in [-0.3, -0.25) is 4.79 Å². The third kappa shape index (κ3) is 4.88. The van der Waals surface area contributed by atoms with Crippen LogP contribution in [0.5, 0.6) is 11.5 Å². The van der Waals surface area contributed by atoms with Gasteiger partial charge in [-0.15, -0.1) is 0 Å². The first-order valence-corrected chi connectivity index (χ1v) is 7.36. The van der Waals surface area contributed by atoms with E-state index in [4.69, 9.17) is 9.47 Å². The van der Waals surface area contributed by atoms with Crippen molar-refractivity contribution in [3.63, 3.8) is 0 Å². The monoisotopic (exact) mass is 311 g/mol. The van der Waals surface area contributed by atoms with Crippen LogP contribution in [0.2, 0.25) is 0 Å². The van der Waals surface area contributed by atoms with Crippen LogP contribution in [-0.4, -0.2) is 20.1 Å². The molecule has 0 aliphatic heterocycles. The Morgan fingerprint density at radius 3 is 2.35 bits per heavy atom. The zero-order valence-corrected chi connectivity index (χ0v) is 13.6. The maximum atomic E-state index is 11.9. The van der Waals surface area contributed by atoms with Crippen molar-refractivity contribution in [1.29, 1.82) is 0 Å². The summed E-state index contributed by atoms with van der Waals surface area (Å²) in [5.41, 5.74) is 3.11. The summed E-state index contributed by atoms with van der Waals surface area (Å²) in [5, 5.41) is 2.88. The lowest BCUT2D eigenvalue weighted by Gasteiger charge is -2.07. The molecule has 0 spiro atoms. The summed E-state index contributed by atoms with van der Waals surface area (Å²) in [6.45, 7) is 2.54. The van der Waals surface area contributed by atoms with Crippen LogP contribution in [-0.2, 0) is 11.3 Å². The molecule has 2 aromatic carbocycles. The molecule has 0 heterocycles. The van der Waals surface area contributed by atoms with Crippen molar-refractivity contribution in [3.05, 3.63) is 65.2 Å². The van der Waals surface area contributed by atoms with E-state index in [1.54, 1.807) is 26.4 Å². The van der Waals surface area contributed by atoms with Crippen LogP contribution in [0.15, 0.2) is 48.5 Å². The summed E-state index contributed by atoms with van der Waals surface area (Å²) in [7, 11) is 3.19. The molecule has 0 saturated carbocycles. The highest BCUT2D eigenvalue weighted by molar-refractivity contribution is 5.91. The highest BCUT2D eigenvalue weighted by Crippen LogP contribution is 2.23. The van der Waals surface area contributed by atoms with Gasteiger partial charge in [-0.05, 0) is 41.8 Å². The summed E-state index contributed by atoms with van der Waals surface area (Å²) in [6.07, 6.45) is 3.24. The van der Waals surface area contributed by atoms with Crippen LogP contribution in [0, 0.1) is 6.92 Å². The molecule has 1 amide bonds. The molecule has 0 unspecified atom stereocenters. The molecule has 120 valence electrons. The first kappa shape index (κ1) is 16.6. The van der Waals surface area contributed by atoms with Gasteiger partial charge in [0.1, 0.15) is 11.5 Å². The maximum absolute atomic E-state index is 11.9. The molecular weight excluding hydrogens is 290 g/mol. The second-order valence-corrected chi connectivity index (χ2v) is 5.12. The second-order valence-electron chi connectivity index (χ2n) is 5.12. The summed E-state index contributed by atoms with van der Waals surface area (Å²) >= 11 is 0. The molecular formula is C19H21NO3. The van der Waals surface area contributed by atoms with Gasteiger partial charge >= 0.3 is 0 Å². The predicted molar refractivity (Wildman–Crippen MR) is 91.6 cm³/mol. The van der Waals surface area contributed by atoms with E-state index in [0.717, 1.165) is 16.7 Å². The summed E-state index contributed by atoms with van der Waals surface area (Å²) in [5.74, 6) is 1.23. The molecule has 2 aromatic rings. The number of amides is 1. The lowest BCUT2D eigenvalue weighted by Crippen LogP contribution is -2.20. The van der Waals surface area contributed by atoms with Gasteiger partial charge < -0.3 is 14.8 Å². The summed E-state index contributed by atoms with van der Waals surface area (Å²) in [6, 6.07) is 13.5. The van der Waals surface area contributed by atoms with E-state index in [9.17, 15) is 4.79 Å². The smallest absolute Gasteiger partial charge is 0.244 e. The van der Waals surface area contributed by atoms with Gasteiger partial charge in [0, 0.05) is 18.7 Å². The average Bonchev–Trinajstić information content (AvgIpc) is 2.58. The number of aryl methyl sites for hydroxylation is 1. The third-order valence-corrected chi connectivity index (χ3v) is 3.52. The fourth-order valence-electron chi connectivity index (χ4n) is 2.15. The molecule has 23 heavy (non-hydrogen) atoms. The number of hydrogen-bond donors (Lipinski definition) is 1. The minimum atomic E-state index is -0.143. The summed E-state index contributed by atoms with van der Waals surface area (Å²) in [4.78, 5) is 11.9. The lowest BCUT2D eigenvalue weighted by atomic mass is 10.1.